The first-order chi connectivity index (χ1) is 12.6. The van der Waals surface area contributed by atoms with E-state index in [0.29, 0.717) is 17.5 Å². The van der Waals surface area contributed by atoms with Gasteiger partial charge in [-0.25, -0.2) is 9.97 Å². The molecule has 0 amide bonds. The van der Waals surface area contributed by atoms with E-state index in [1.54, 1.807) is 24.5 Å². The van der Waals surface area contributed by atoms with Crippen molar-refractivity contribution >= 4 is 0 Å². The van der Waals surface area contributed by atoms with E-state index in [1.807, 2.05) is 17.6 Å². The Morgan fingerprint density at radius 2 is 1.89 bits per heavy atom. The average Bonchev–Trinajstić information content (AvgIpc) is 2.60. The van der Waals surface area contributed by atoms with Crippen molar-refractivity contribution in [3.05, 3.63) is 58.9 Å². The quantitative estimate of drug-likeness (QED) is 0.649. The SMILES string of the molecule is Cc1cc(OCc2ncccn2)cc(=O)n1C(C)C1CCC[CH-]CCC1.[Y]. The fourth-order valence-corrected chi connectivity index (χ4v) is 3.87. The van der Waals surface area contributed by atoms with Gasteiger partial charge >= 0.3 is 0 Å². The Morgan fingerprint density at radius 1 is 1.22 bits per heavy atom. The summed E-state index contributed by atoms with van der Waals surface area (Å²) in [7, 11) is 0. The van der Waals surface area contributed by atoms with Crippen molar-refractivity contribution in [1.82, 2.24) is 14.5 Å². The van der Waals surface area contributed by atoms with Crippen molar-refractivity contribution in [2.24, 2.45) is 5.92 Å². The third-order valence-electron chi connectivity index (χ3n) is 5.28. The second-order valence-electron chi connectivity index (χ2n) is 7.15. The summed E-state index contributed by atoms with van der Waals surface area (Å²) in [6.45, 7) is 4.43. The predicted molar refractivity (Wildman–Crippen MR) is 102 cm³/mol. The first-order valence-electron chi connectivity index (χ1n) is 9.58. The van der Waals surface area contributed by atoms with E-state index < -0.39 is 0 Å². The number of pyridine rings is 1. The van der Waals surface area contributed by atoms with Crippen LogP contribution in [0, 0.1) is 19.3 Å². The Bertz CT molecular complexity index is 756. The van der Waals surface area contributed by atoms with Crippen molar-refractivity contribution < 1.29 is 37.4 Å². The largest absolute Gasteiger partial charge is 0.485 e. The average molecular weight is 443 g/mol. The third-order valence-corrected chi connectivity index (χ3v) is 5.28. The molecule has 3 rings (SSSR count). The van der Waals surface area contributed by atoms with Gasteiger partial charge < -0.3 is 15.7 Å². The van der Waals surface area contributed by atoms with E-state index in [1.165, 1.54) is 38.5 Å². The molecule has 5 nitrogen and oxygen atoms in total. The molecule has 1 aliphatic rings. The molecule has 1 unspecified atom stereocenters. The number of aromatic nitrogens is 3. The minimum absolute atomic E-state index is 0. The topological polar surface area (TPSA) is 57.0 Å². The van der Waals surface area contributed by atoms with Crippen LogP contribution < -0.4 is 10.3 Å². The predicted octanol–water partition coefficient (Wildman–Crippen LogP) is 4.26. The van der Waals surface area contributed by atoms with Gasteiger partial charge in [0.1, 0.15) is 12.4 Å². The maximum absolute atomic E-state index is 12.8. The van der Waals surface area contributed by atoms with E-state index in [-0.39, 0.29) is 50.9 Å². The van der Waals surface area contributed by atoms with Crippen LogP contribution in [0.2, 0.25) is 0 Å². The molecule has 1 aliphatic carbocycles. The molecule has 6 heteroatoms. The van der Waals surface area contributed by atoms with Crippen molar-refractivity contribution in [1.29, 1.82) is 0 Å². The zero-order valence-electron chi connectivity index (χ0n) is 16.3. The van der Waals surface area contributed by atoms with Gasteiger partial charge in [-0.05, 0) is 31.9 Å². The van der Waals surface area contributed by atoms with E-state index in [4.69, 9.17) is 4.74 Å². The molecule has 0 bridgehead atoms. The van der Waals surface area contributed by atoms with Gasteiger partial charge in [0.25, 0.3) is 5.56 Å². The summed E-state index contributed by atoms with van der Waals surface area (Å²) in [4.78, 5) is 21.0. The van der Waals surface area contributed by atoms with Crippen LogP contribution in [0.4, 0.5) is 0 Å². The van der Waals surface area contributed by atoms with Gasteiger partial charge in [0, 0.05) is 62.9 Å². The standard InChI is InChI=1S/C21H28N3O2.Y/c1-16-13-19(26-15-20-22-11-8-12-23-20)14-21(25)24(16)17(2)18-9-6-4-3-5-7-10-18;/h3,8,11-14,17-18H,4-7,9-10,15H2,1-2H3;/q-1;. The fraction of sp³-hybridized carbons (Fsp3) is 0.524. The van der Waals surface area contributed by atoms with Crippen LogP contribution in [0.3, 0.4) is 0 Å². The fourth-order valence-electron chi connectivity index (χ4n) is 3.87. The molecule has 0 saturated heterocycles. The van der Waals surface area contributed by atoms with Crippen LogP contribution in [-0.4, -0.2) is 14.5 Å². The molecule has 0 aliphatic heterocycles. The molecule has 2 aromatic heterocycles. The molecule has 27 heavy (non-hydrogen) atoms. The van der Waals surface area contributed by atoms with E-state index >= 15 is 0 Å². The number of aryl methyl sites for hydroxylation is 1. The van der Waals surface area contributed by atoms with Gasteiger partial charge in [0.15, 0.2) is 5.82 Å². The Labute approximate surface area is 186 Å². The van der Waals surface area contributed by atoms with Gasteiger partial charge in [0.2, 0.25) is 0 Å². The molecular weight excluding hydrogens is 415 g/mol. The summed E-state index contributed by atoms with van der Waals surface area (Å²) in [6.07, 6.45) is 13.0. The zero-order chi connectivity index (χ0) is 18.4. The number of ether oxygens (including phenoxy) is 1. The smallest absolute Gasteiger partial charge is 0.254 e. The van der Waals surface area contributed by atoms with Gasteiger partial charge in [-0.1, -0.05) is 25.7 Å². The Morgan fingerprint density at radius 3 is 2.52 bits per heavy atom. The van der Waals surface area contributed by atoms with Crippen molar-refractivity contribution in [2.45, 2.75) is 65.0 Å². The maximum Gasteiger partial charge on any atom is 0.254 e. The molecule has 0 spiro atoms. The van der Waals surface area contributed by atoms with Crippen molar-refractivity contribution in [3.63, 3.8) is 0 Å². The van der Waals surface area contributed by atoms with Crippen LogP contribution in [0.25, 0.3) is 0 Å². The monoisotopic (exact) mass is 443 g/mol. The molecule has 1 atom stereocenters. The second kappa shape index (κ2) is 11.1. The van der Waals surface area contributed by atoms with Crippen LogP contribution >= 0.6 is 0 Å². The number of hydrogen-bond donors (Lipinski definition) is 0. The Balaban J connectivity index is 0.00000261. The summed E-state index contributed by atoms with van der Waals surface area (Å²) >= 11 is 0. The molecule has 0 aromatic carbocycles. The van der Waals surface area contributed by atoms with Crippen molar-refractivity contribution in [2.75, 3.05) is 0 Å². The molecule has 2 heterocycles. The van der Waals surface area contributed by atoms with Gasteiger partial charge in [-0.3, -0.25) is 4.79 Å². The number of hydrogen-bond acceptors (Lipinski definition) is 4. The summed E-state index contributed by atoms with van der Waals surface area (Å²) < 4.78 is 7.66. The molecule has 1 fully saturated rings. The minimum atomic E-state index is 0. The molecule has 0 N–H and O–H groups in total. The molecular formula is C21H28N3O2Y-. The van der Waals surface area contributed by atoms with Gasteiger partial charge in [-0.2, -0.15) is 12.8 Å². The Kier molecular flexibility index (Phi) is 9.11. The summed E-state index contributed by atoms with van der Waals surface area (Å²) in [5.41, 5.74) is 0.956. The maximum atomic E-state index is 12.8. The summed E-state index contributed by atoms with van der Waals surface area (Å²) in [6, 6.07) is 5.51. The normalized spacial score (nSPS) is 16.7. The number of rotatable bonds is 5. The van der Waals surface area contributed by atoms with E-state index in [9.17, 15) is 4.79 Å². The Hall–Kier alpha value is -1.07. The molecule has 1 saturated carbocycles. The van der Waals surface area contributed by atoms with Gasteiger partial charge in [0.05, 0.1) is 0 Å². The third kappa shape index (κ3) is 6.22. The first-order valence-corrected chi connectivity index (χ1v) is 9.58. The second-order valence-corrected chi connectivity index (χ2v) is 7.15. The summed E-state index contributed by atoms with van der Waals surface area (Å²) in [5.74, 6) is 1.74. The molecule has 2 aromatic rings. The van der Waals surface area contributed by atoms with Gasteiger partial charge in [-0.15, -0.1) is 0 Å². The number of nitrogens with zero attached hydrogens (tertiary/aromatic N) is 3. The van der Waals surface area contributed by atoms with Crippen LogP contribution in [0.1, 0.15) is 63.0 Å². The van der Waals surface area contributed by atoms with Crippen LogP contribution in [-0.2, 0) is 39.3 Å². The van der Waals surface area contributed by atoms with E-state index in [2.05, 4.69) is 23.3 Å². The van der Waals surface area contributed by atoms with Crippen LogP contribution in [0.15, 0.2) is 35.4 Å². The van der Waals surface area contributed by atoms with E-state index in [0.717, 1.165) is 5.69 Å². The molecule has 143 valence electrons. The minimum Gasteiger partial charge on any atom is -0.485 e. The summed E-state index contributed by atoms with van der Waals surface area (Å²) in [5, 5.41) is 0. The zero-order valence-corrected chi connectivity index (χ0v) is 19.1. The first kappa shape index (κ1) is 22.2. The van der Waals surface area contributed by atoms with Crippen LogP contribution in [0.5, 0.6) is 5.75 Å². The van der Waals surface area contributed by atoms with Crippen molar-refractivity contribution in [3.8, 4) is 5.75 Å². The molecule has 1 radical (unpaired) electrons.